The molecule has 0 spiro atoms. The maximum Gasteiger partial charge on any atom is 0.474 e. The van der Waals surface area contributed by atoms with Crippen molar-refractivity contribution in [2.24, 2.45) is 5.10 Å². The quantitative estimate of drug-likeness (QED) is 0.810. The fourth-order valence-electron chi connectivity index (χ4n) is 3.39. The average molecular weight is 394 g/mol. The molecule has 1 aliphatic carbocycles. The van der Waals surface area contributed by atoms with Crippen LogP contribution in [0.3, 0.4) is 0 Å². The van der Waals surface area contributed by atoms with Crippen molar-refractivity contribution in [3.63, 3.8) is 0 Å². The maximum absolute atomic E-state index is 13.1. The number of nitrogens with zero attached hydrogens (tertiary/aromatic N) is 3. The van der Waals surface area contributed by atoms with Crippen molar-refractivity contribution in [2.75, 3.05) is 0 Å². The molecule has 1 aliphatic heterocycles. The molecular weight excluding hydrogens is 377 g/mol. The molecule has 8 heteroatoms. The van der Waals surface area contributed by atoms with Gasteiger partial charge in [0.2, 0.25) is 5.43 Å². The normalized spacial score (nSPS) is 15.4. The highest BCUT2D eigenvalue weighted by Gasteiger charge is 2.36. The lowest BCUT2D eigenvalue weighted by molar-refractivity contribution is 0.0844. The molecule has 2 heterocycles. The van der Waals surface area contributed by atoms with Gasteiger partial charge in [-0.15, -0.1) is 0 Å². The predicted molar refractivity (Wildman–Crippen MR) is 112 cm³/mol. The molecular formula is C20H17BClN3O3. The Morgan fingerprint density at radius 1 is 1.32 bits per heavy atom. The van der Waals surface area contributed by atoms with Crippen LogP contribution >= 0.6 is 11.6 Å². The van der Waals surface area contributed by atoms with Crippen molar-refractivity contribution in [3.05, 3.63) is 75.2 Å². The third kappa shape index (κ3) is 2.93. The minimum absolute atomic E-state index is 0.0685. The van der Waals surface area contributed by atoms with Gasteiger partial charge in [-0.2, -0.15) is 5.10 Å². The number of amides is 1. The van der Waals surface area contributed by atoms with Crippen molar-refractivity contribution in [3.8, 4) is 0 Å². The van der Waals surface area contributed by atoms with Gasteiger partial charge in [-0.25, -0.2) is 4.92 Å². The van der Waals surface area contributed by atoms with Gasteiger partial charge in [0.05, 0.1) is 11.9 Å². The first-order valence-electron chi connectivity index (χ1n) is 8.85. The molecule has 0 bridgehead atoms. The molecule has 6 nitrogen and oxygen atoms in total. The van der Waals surface area contributed by atoms with Gasteiger partial charge in [0, 0.05) is 22.8 Å². The molecule has 1 aromatic carbocycles. The van der Waals surface area contributed by atoms with Crippen LogP contribution in [0, 0.1) is 0 Å². The van der Waals surface area contributed by atoms with E-state index in [-0.39, 0.29) is 11.6 Å². The van der Waals surface area contributed by atoms with Crippen LogP contribution in [0.5, 0.6) is 0 Å². The second kappa shape index (κ2) is 6.93. The summed E-state index contributed by atoms with van der Waals surface area (Å²) in [6.07, 6.45) is 7.93. The number of benzene rings is 1. The third-order valence-corrected chi connectivity index (χ3v) is 5.20. The van der Waals surface area contributed by atoms with Crippen LogP contribution in [0.1, 0.15) is 46.1 Å². The summed E-state index contributed by atoms with van der Waals surface area (Å²) in [5, 5.41) is 15.2. The fraction of sp³-hybridized carbons (Fsp3) is 0.150. The Labute approximate surface area is 167 Å². The van der Waals surface area contributed by atoms with E-state index in [4.69, 9.17) is 11.6 Å². The molecule has 0 unspecified atom stereocenters. The number of halogens is 1. The van der Waals surface area contributed by atoms with Crippen LogP contribution in [0.2, 0.25) is 5.02 Å². The Morgan fingerprint density at radius 3 is 2.71 bits per heavy atom. The topological polar surface area (TPSA) is 74.9 Å². The van der Waals surface area contributed by atoms with Crippen molar-refractivity contribution >= 4 is 48.4 Å². The van der Waals surface area contributed by atoms with Gasteiger partial charge >= 0.3 is 7.05 Å². The fourth-order valence-corrected chi connectivity index (χ4v) is 3.57. The number of fused-ring (bicyclic) bond motifs is 1. The van der Waals surface area contributed by atoms with Crippen LogP contribution in [-0.4, -0.2) is 33.7 Å². The molecule has 140 valence electrons. The van der Waals surface area contributed by atoms with E-state index < -0.39 is 18.4 Å². The third-order valence-electron chi connectivity index (χ3n) is 4.97. The summed E-state index contributed by atoms with van der Waals surface area (Å²) in [6.45, 7) is 7.49. The molecule has 1 N–H and O–H groups in total. The Balaban J connectivity index is 1.80. The van der Waals surface area contributed by atoms with E-state index in [0.29, 0.717) is 27.3 Å². The highest BCUT2D eigenvalue weighted by atomic mass is 35.5. The van der Waals surface area contributed by atoms with Gasteiger partial charge in [-0.3, -0.25) is 9.59 Å². The molecule has 4 rings (SSSR count). The van der Waals surface area contributed by atoms with E-state index in [2.05, 4.69) is 18.3 Å². The van der Waals surface area contributed by atoms with Crippen LogP contribution in [0.4, 0.5) is 0 Å². The van der Waals surface area contributed by atoms with Gasteiger partial charge < -0.3 is 9.59 Å². The van der Waals surface area contributed by atoms with Crippen LogP contribution in [0.25, 0.3) is 12.2 Å². The SMILES string of the molecule is C=Cc1c(C=C)n(C2CC2)cc(C(=O)N2N=Cc3cc(Cl)ccc3B2O)c1=O. The van der Waals surface area contributed by atoms with Gasteiger partial charge in [0.1, 0.15) is 5.56 Å². The highest BCUT2D eigenvalue weighted by Crippen LogP contribution is 2.36. The zero-order valence-electron chi connectivity index (χ0n) is 15.0. The molecule has 0 saturated heterocycles. The Morgan fingerprint density at radius 2 is 2.07 bits per heavy atom. The number of hydrogen-bond acceptors (Lipinski definition) is 4. The number of rotatable bonds is 4. The molecule has 1 saturated carbocycles. The summed E-state index contributed by atoms with van der Waals surface area (Å²) in [5.74, 6) is -0.678. The second-order valence-electron chi connectivity index (χ2n) is 6.76. The summed E-state index contributed by atoms with van der Waals surface area (Å²) in [6, 6.07) is 5.13. The molecule has 28 heavy (non-hydrogen) atoms. The van der Waals surface area contributed by atoms with E-state index in [1.54, 1.807) is 24.3 Å². The number of aromatic nitrogens is 1. The van der Waals surface area contributed by atoms with Gasteiger partial charge in [-0.05, 0) is 42.1 Å². The first kappa shape index (κ1) is 18.5. The predicted octanol–water partition coefficient (Wildman–Crippen LogP) is 2.30. The number of carbonyl (C=O) groups is 1. The van der Waals surface area contributed by atoms with Crippen LogP contribution in [0.15, 0.2) is 47.4 Å². The average Bonchev–Trinajstić information content (AvgIpc) is 3.52. The summed E-state index contributed by atoms with van der Waals surface area (Å²) in [7, 11) is -1.31. The summed E-state index contributed by atoms with van der Waals surface area (Å²) in [5.41, 5.74) is 1.53. The lowest BCUT2D eigenvalue weighted by atomic mass is 9.69. The van der Waals surface area contributed by atoms with E-state index in [1.807, 2.05) is 4.57 Å². The summed E-state index contributed by atoms with van der Waals surface area (Å²) >= 11 is 5.97. The van der Waals surface area contributed by atoms with E-state index in [0.717, 1.165) is 17.8 Å². The van der Waals surface area contributed by atoms with Crippen molar-refractivity contribution in [1.82, 2.24) is 9.49 Å². The molecule has 1 fully saturated rings. The van der Waals surface area contributed by atoms with Gasteiger partial charge in [0.25, 0.3) is 5.91 Å². The van der Waals surface area contributed by atoms with Crippen molar-refractivity contribution < 1.29 is 9.82 Å². The zero-order chi connectivity index (χ0) is 20.0. The molecule has 0 atom stereocenters. The molecule has 2 aliphatic rings. The number of pyridine rings is 1. The summed E-state index contributed by atoms with van der Waals surface area (Å²) in [4.78, 5) is 27.0. The smallest absolute Gasteiger partial charge is 0.427 e. The monoisotopic (exact) mass is 393 g/mol. The highest BCUT2D eigenvalue weighted by molar-refractivity contribution is 6.68. The van der Waals surface area contributed by atoms with E-state index in [9.17, 15) is 14.6 Å². The van der Waals surface area contributed by atoms with Crippen molar-refractivity contribution in [2.45, 2.75) is 18.9 Å². The van der Waals surface area contributed by atoms with E-state index in [1.165, 1.54) is 18.5 Å². The number of hydrogen-bond donors (Lipinski definition) is 1. The van der Waals surface area contributed by atoms with E-state index >= 15 is 0 Å². The minimum atomic E-state index is -1.31. The first-order chi connectivity index (χ1) is 13.5. The zero-order valence-corrected chi connectivity index (χ0v) is 15.8. The van der Waals surface area contributed by atoms with Crippen LogP contribution < -0.4 is 10.9 Å². The number of hydrazone groups is 1. The Hall–Kier alpha value is -2.90. The van der Waals surface area contributed by atoms with Gasteiger partial charge in [-0.1, -0.05) is 36.9 Å². The van der Waals surface area contributed by atoms with Crippen LogP contribution in [-0.2, 0) is 0 Å². The Bertz CT molecular complexity index is 1100. The Kier molecular flexibility index (Phi) is 4.57. The minimum Gasteiger partial charge on any atom is -0.427 e. The summed E-state index contributed by atoms with van der Waals surface area (Å²) < 4.78 is 1.88. The lowest BCUT2D eigenvalue weighted by Crippen LogP contribution is -2.53. The number of carbonyl (C=O) groups excluding carboxylic acids is 1. The molecule has 2 aromatic rings. The molecule has 1 aromatic heterocycles. The van der Waals surface area contributed by atoms with Gasteiger partial charge in [0.15, 0.2) is 0 Å². The lowest BCUT2D eigenvalue weighted by Gasteiger charge is -2.25. The largest absolute Gasteiger partial charge is 0.474 e. The molecule has 0 radical (unpaired) electrons. The second-order valence-corrected chi connectivity index (χ2v) is 7.20. The standard InChI is InChI=1S/C20H17BClN3O3/c1-3-15-18(4-2)24(14-6-7-14)11-16(19(15)26)20(27)25-21(28)17-8-5-13(22)9-12(17)10-23-25/h3-5,8-11,14,28H,1-2,6-7H2. The van der Waals surface area contributed by atoms with Crippen molar-refractivity contribution in [1.29, 1.82) is 0 Å². The molecule has 1 amide bonds. The maximum atomic E-state index is 13.1. The first-order valence-corrected chi connectivity index (χ1v) is 9.23.